The molecule has 0 bridgehead atoms. The number of fused-ring (bicyclic) bond motifs is 1. The molecule has 2 aliphatic carbocycles. The van der Waals surface area contributed by atoms with Crippen molar-refractivity contribution in [2.24, 2.45) is 17.3 Å². The van der Waals surface area contributed by atoms with Gasteiger partial charge in [0.2, 0.25) is 0 Å². The van der Waals surface area contributed by atoms with Crippen LogP contribution < -0.4 is 0 Å². The van der Waals surface area contributed by atoms with Crippen LogP contribution in [0, 0.1) is 17.3 Å². The molecular formula is C18H22F3NO2. The zero-order valence-electron chi connectivity index (χ0n) is 14.0. The van der Waals surface area contributed by atoms with Crippen molar-refractivity contribution in [2.75, 3.05) is 6.54 Å². The molecule has 3 atom stereocenters. The van der Waals surface area contributed by atoms with E-state index in [4.69, 9.17) is 0 Å². The number of halogens is 3. The second-order valence-corrected chi connectivity index (χ2v) is 7.65. The second kappa shape index (κ2) is 5.46. The molecule has 0 radical (unpaired) electrons. The van der Waals surface area contributed by atoms with Crippen molar-refractivity contribution < 1.29 is 22.8 Å². The molecule has 24 heavy (non-hydrogen) atoms. The maximum atomic E-state index is 13.1. The molecule has 0 spiro atoms. The smallest absolute Gasteiger partial charge is 0.308 e. The van der Waals surface area contributed by atoms with Gasteiger partial charge in [-0.05, 0) is 50.4 Å². The maximum Gasteiger partial charge on any atom is 0.471 e. The number of ketones is 1. The zero-order chi connectivity index (χ0) is 17.9. The Labute approximate surface area is 139 Å². The minimum atomic E-state index is -4.91. The van der Waals surface area contributed by atoms with Gasteiger partial charge in [0, 0.05) is 23.7 Å². The monoisotopic (exact) mass is 341 g/mol. The molecule has 0 unspecified atom stereocenters. The van der Waals surface area contributed by atoms with Crippen molar-refractivity contribution >= 4 is 11.7 Å². The molecule has 0 N–H and O–H groups in total. The van der Waals surface area contributed by atoms with Crippen LogP contribution in [0.15, 0.2) is 23.4 Å². The standard InChI is InChI=1S/C18H22F3NO2/c1-10(2)11-6-7-17(3)9-13-12(15(23)14(11)17)5-4-8-22(13)16(24)18(19,20)21/h11,14H,1,4-9H2,2-3H3/t11-,14+,17-/m1/s1. The summed E-state index contributed by atoms with van der Waals surface area (Å²) >= 11 is 0. The minimum absolute atomic E-state index is 0.0368. The summed E-state index contributed by atoms with van der Waals surface area (Å²) in [4.78, 5) is 25.7. The molecule has 0 aromatic carbocycles. The summed E-state index contributed by atoms with van der Waals surface area (Å²) < 4.78 is 38.7. The van der Waals surface area contributed by atoms with Gasteiger partial charge < -0.3 is 4.90 Å². The molecule has 1 fully saturated rings. The zero-order valence-corrected chi connectivity index (χ0v) is 14.0. The van der Waals surface area contributed by atoms with E-state index in [9.17, 15) is 22.8 Å². The van der Waals surface area contributed by atoms with E-state index in [0.29, 0.717) is 30.5 Å². The van der Waals surface area contributed by atoms with E-state index in [-0.39, 0.29) is 29.6 Å². The van der Waals surface area contributed by atoms with Gasteiger partial charge in [0.15, 0.2) is 5.78 Å². The van der Waals surface area contributed by atoms with Crippen LogP contribution in [0.5, 0.6) is 0 Å². The first kappa shape index (κ1) is 17.2. The van der Waals surface area contributed by atoms with Gasteiger partial charge in [-0.1, -0.05) is 19.1 Å². The molecular weight excluding hydrogens is 319 g/mol. The quantitative estimate of drug-likeness (QED) is 0.676. The number of hydrogen-bond donors (Lipinski definition) is 0. The lowest BCUT2D eigenvalue weighted by molar-refractivity contribution is -0.184. The van der Waals surface area contributed by atoms with Crippen molar-refractivity contribution in [3.8, 4) is 0 Å². The number of amides is 1. The molecule has 1 saturated carbocycles. The summed E-state index contributed by atoms with van der Waals surface area (Å²) in [6.07, 6.45) is -2.09. The molecule has 3 rings (SSSR count). The summed E-state index contributed by atoms with van der Waals surface area (Å²) in [6, 6.07) is 0. The summed E-state index contributed by atoms with van der Waals surface area (Å²) in [6.45, 7) is 7.90. The molecule has 1 aliphatic heterocycles. The summed E-state index contributed by atoms with van der Waals surface area (Å²) in [5.74, 6) is -2.04. The van der Waals surface area contributed by atoms with Crippen LogP contribution in [0.25, 0.3) is 0 Å². The summed E-state index contributed by atoms with van der Waals surface area (Å²) in [5, 5.41) is 0. The number of alkyl halides is 3. The first-order valence-corrected chi connectivity index (χ1v) is 8.36. The molecule has 3 aliphatic rings. The lowest BCUT2D eigenvalue weighted by Gasteiger charge is -2.44. The van der Waals surface area contributed by atoms with Gasteiger partial charge in [0.25, 0.3) is 0 Å². The van der Waals surface area contributed by atoms with E-state index in [2.05, 4.69) is 6.58 Å². The Morgan fingerprint density at radius 3 is 2.62 bits per heavy atom. The van der Waals surface area contributed by atoms with E-state index in [1.165, 1.54) is 0 Å². The van der Waals surface area contributed by atoms with E-state index in [1.54, 1.807) is 0 Å². The van der Waals surface area contributed by atoms with Crippen LogP contribution in [-0.2, 0) is 9.59 Å². The van der Waals surface area contributed by atoms with Crippen LogP contribution in [0.3, 0.4) is 0 Å². The molecule has 6 heteroatoms. The van der Waals surface area contributed by atoms with E-state index in [1.807, 2.05) is 13.8 Å². The average Bonchev–Trinajstić information content (AvgIpc) is 2.83. The van der Waals surface area contributed by atoms with Crippen molar-refractivity contribution in [1.29, 1.82) is 0 Å². The predicted octanol–water partition coefficient (Wildman–Crippen LogP) is 4.01. The number of carbonyl (C=O) groups excluding carboxylic acids is 2. The minimum Gasteiger partial charge on any atom is -0.308 e. The van der Waals surface area contributed by atoms with Gasteiger partial charge >= 0.3 is 12.1 Å². The summed E-state index contributed by atoms with van der Waals surface area (Å²) in [5.41, 5.74) is 1.32. The highest BCUT2D eigenvalue weighted by atomic mass is 19.4. The first-order chi connectivity index (χ1) is 11.1. The fraction of sp³-hybridized carbons (Fsp3) is 0.667. The van der Waals surface area contributed by atoms with Gasteiger partial charge in [0.05, 0.1) is 0 Å². The van der Waals surface area contributed by atoms with E-state index >= 15 is 0 Å². The van der Waals surface area contributed by atoms with Crippen LogP contribution in [0.2, 0.25) is 0 Å². The molecule has 3 nitrogen and oxygen atoms in total. The SMILES string of the molecule is C=C(C)[C@H]1CC[C@]2(C)CC3=C(CCCN3C(=O)C(F)(F)F)C(=O)[C@H]12. The molecule has 1 amide bonds. The fourth-order valence-corrected chi connectivity index (χ4v) is 4.79. The highest BCUT2D eigenvalue weighted by Gasteiger charge is 2.55. The Kier molecular flexibility index (Phi) is 3.92. The number of rotatable bonds is 1. The Bertz CT molecular complexity index is 649. The Hall–Kier alpha value is -1.59. The highest BCUT2D eigenvalue weighted by Crippen LogP contribution is 2.57. The number of hydrogen-bond acceptors (Lipinski definition) is 2. The van der Waals surface area contributed by atoms with E-state index < -0.39 is 12.1 Å². The number of allylic oxidation sites excluding steroid dienone is 3. The fourth-order valence-electron chi connectivity index (χ4n) is 4.79. The average molecular weight is 341 g/mol. The van der Waals surface area contributed by atoms with E-state index in [0.717, 1.165) is 23.3 Å². The van der Waals surface area contributed by atoms with Gasteiger partial charge in [0.1, 0.15) is 0 Å². The lowest BCUT2D eigenvalue weighted by Crippen LogP contribution is -2.49. The normalized spacial score (nSPS) is 33.4. The third-order valence-electron chi connectivity index (χ3n) is 5.93. The first-order valence-electron chi connectivity index (χ1n) is 8.36. The van der Waals surface area contributed by atoms with Gasteiger partial charge in [-0.25, -0.2) is 0 Å². The van der Waals surface area contributed by atoms with Gasteiger partial charge in [-0.3, -0.25) is 9.59 Å². The van der Waals surface area contributed by atoms with Crippen LogP contribution in [-0.4, -0.2) is 29.3 Å². The maximum absolute atomic E-state index is 13.1. The third-order valence-corrected chi connectivity index (χ3v) is 5.93. The molecule has 0 aromatic rings. The lowest BCUT2D eigenvalue weighted by atomic mass is 9.64. The van der Waals surface area contributed by atoms with Crippen molar-refractivity contribution in [3.63, 3.8) is 0 Å². The Morgan fingerprint density at radius 2 is 2.04 bits per heavy atom. The summed E-state index contributed by atoms with van der Waals surface area (Å²) in [7, 11) is 0. The predicted molar refractivity (Wildman–Crippen MR) is 82.8 cm³/mol. The molecule has 0 aromatic heterocycles. The Morgan fingerprint density at radius 1 is 1.38 bits per heavy atom. The van der Waals surface area contributed by atoms with Crippen molar-refractivity contribution in [3.05, 3.63) is 23.4 Å². The molecule has 0 saturated heterocycles. The highest BCUT2D eigenvalue weighted by molar-refractivity contribution is 6.01. The number of carbonyl (C=O) groups is 2. The molecule has 132 valence electrons. The third kappa shape index (κ3) is 2.50. The van der Waals surface area contributed by atoms with Gasteiger partial charge in [-0.2, -0.15) is 13.2 Å². The molecule has 1 heterocycles. The van der Waals surface area contributed by atoms with Crippen molar-refractivity contribution in [2.45, 2.75) is 52.1 Å². The Balaban J connectivity index is 2.02. The van der Waals surface area contributed by atoms with Crippen molar-refractivity contribution in [1.82, 2.24) is 4.90 Å². The topological polar surface area (TPSA) is 37.4 Å². The van der Waals surface area contributed by atoms with Crippen LogP contribution in [0.4, 0.5) is 13.2 Å². The van der Waals surface area contributed by atoms with Crippen LogP contribution >= 0.6 is 0 Å². The second-order valence-electron chi connectivity index (χ2n) is 7.65. The van der Waals surface area contributed by atoms with Crippen LogP contribution in [0.1, 0.15) is 46.0 Å². The largest absolute Gasteiger partial charge is 0.471 e. The number of nitrogens with zero attached hydrogens (tertiary/aromatic N) is 1. The number of Topliss-reactive ketones (excluding diaryl/α,β-unsaturated/α-hetero) is 1. The van der Waals surface area contributed by atoms with Gasteiger partial charge in [-0.15, -0.1) is 0 Å².